The topological polar surface area (TPSA) is 67.0 Å². The third-order valence-corrected chi connectivity index (χ3v) is 3.32. The summed E-state index contributed by atoms with van der Waals surface area (Å²) in [5.41, 5.74) is 0.222. The van der Waals surface area contributed by atoms with E-state index in [4.69, 9.17) is 0 Å². The van der Waals surface area contributed by atoms with Gasteiger partial charge in [0.2, 0.25) is 5.91 Å². The third kappa shape index (κ3) is 4.46. The van der Waals surface area contributed by atoms with Crippen molar-refractivity contribution in [2.24, 2.45) is 0 Å². The third-order valence-electron chi connectivity index (χ3n) is 3.32. The van der Waals surface area contributed by atoms with Gasteiger partial charge >= 0.3 is 6.18 Å². The zero-order valence-corrected chi connectivity index (χ0v) is 12.7. The summed E-state index contributed by atoms with van der Waals surface area (Å²) in [4.78, 5) is 18.3. The second-order valence-corrected chi connectivity index (χ2v) is 5.01. The molecule has 24 heavy (non-hydrogen) atoms. The molecule has 0 bridgehead atoms. The lowest BCUT2D eigenvalue weighted by atomic mass is 10.1. The van der Waals surface area contributed by atoms with Crippen molar-refractivity contribution < 1.29 is 27.1 Å². The van der Waals surface area contributed by atoms with E-state index in [1.54, 1.807) is 0 Å². The first-order valence-electron chi connectivity index (χ1n) is 6.98. The molecule has 1 aromatic heterocycles. The molecule has 0 fully saturated rings. The highest BCUT2D eigenvalue weighted by atomic mass is 19.4. The van der Waals surface area contributed by atoms with Crippen LogP contribution in [0.15, 0.2) is 30.7 Å². The Kier molecular flexibility index (Phi) is 5.42. The number of alkyl halides is 3. The molecular weight excluding hydrogens is 330 g/mol. The van der Waals surface area contributed by atoms with E-state index in [0.29, 0.717) is 11.8 Å². The van der Waals surface area contributed by atoms with Gasteiger partial charge in [0, 0.05) is 18.3 Å². The van der Waals surface area contributed by atoms with E-state index in [2.05, 4.69) is 14.7 Å². The Hall–Kier alpha value is -2.58. The maximum absolute atomic E-state index is 13.7. The van der Waals surface area contributed by atoms with Crippen molar-refractivity contribution in [1.29, 1.82) is 0 Å². The zero-order chi connectivity index (χ0) is 17.7. The van der Waals surface area contributed by atoms with Crippen LogP contribution in [0.4, 0.5) is 17.6 Å². The van der Waals surface area contributed by atoms with Crippen molar-refractivity contribution in [3.05, 3.63) is 47.8 Å². The minimum absolute atomic E-state index is 0.159. The van der Waals surface area contributed by atoms with Crippen LogP contribution in [-0.2, 0) is 11.2 Å². The Morgan fingerprint density at radius 2 is 2.17 bits per heavy atom. The first-order chi connectivity index (χ1) is 11.3. The Morgan fingerprint density at radius 3 is 2.71 bits per heavy atom. The summed E-state index contributed by atoms with van der Waals surface area (Å²) in [6, 6.07) is 0.550. The van der Waals surface area contributed by atoms with Gasteiger partial charge in [0.1, 0.15) is 0 Å². The smallest absolute Gasteiger partial charge is 0.412 e. The summed E-state index contributed by atoms with van der Waals surface area (Å²) < 4.78 is 58.0. The molecule has 5 nitrogen and oxygen atoms in total. The van der Waals surface area contributed by atoms with Crippen LogP contribution in [0.5, 0.6) is 5.75 Å². The summed E-state index contributed by atoms with van der Waals surface area (Å²) >= 11 is 0. The fraction of sp³-hybridized carbons (Fsp3) is 0.333. The number of aromatic amines is 1. The van der Waals surface area contributed by atoms with Crippen LogP contribution < -0.4 is 10.1 Å². The van der Waals surface area contributed by atoms with Gasteiger partial charge < -0.3 is 15.0 Å². The monoisotopic (exact) mass is 345 g/mol. The number of carbonyl (C=O) groups excluding carboxylic acids is 1. The van der Waals surface area contributed by atoms with Crippen molar-refractivity contribution in [2.45, 2.75) is 25.1 Å². The first kappa shape index (κ1) is 17.8. The number of benzene rings is 1. The molecule has 2 N–H and O–H groups in total. The summed E-state index contributed by atoms with van der Waals surface area (Å²) in [6.45, 7) is 0. The summed E-state index contributed by atoms with van der Waals surface area (Å²) in [5, 5.41) is 1.89. The van der Waals surface area contributed by atoms with Crippen molar-refractivity contribution >= 4 is 5.91 Å². The maximum atomic E-state index is 13.7. The van der Waals surface area contributed by atoms with E-state index < -0.39 is 29.5 Å². The molecule has 1 heterocycles. The fourth-order valence-corrected chi connectivity index (χ4v) is 2.12. The van der Waals surface area contributed by atoms with Crippen LogP contribution in [-0.4, -0.2) is 29.2 Å². The molecule has 0 spiro atoms. The number of halogens is 4. The van der Waals surface area contributed by atoms with E-state index in [9.17, 15) is 22.4 Å². The molecule has 0 unspecified atom stereocenters. The average Bonchev–Trinajstić information content (AvgIpc) is 3.03. The zero-order valence-electron chi connectivity index (χ0n) is 12.7. The lowest BCUT2D eigenvalue weighted by molar-refractivity contribution is -0.163. The van der Waals surface area contributed by atoms with Crippen LogP contribution in [0.3, 0.4) is 0 Å². The van der Waals surface area contributed by atoms with Gasteiger partial charge in [-0.3, -0.25) is 4.79 Å². The molecule has 2 aromatic rings. The number of nitrogens with one attached hydrogen (secondary N) is 2. The molecule has 1 amide bonds. The number of aromatic nitrogens is 2. The minimum Gasteiger partial charge on any atom is -0.494 e. The van der Waals surface area contributed by atoms with Gasteiger partial charge in [0.25, 0.3) is 0 Å². The molecule has 0 aliphatic heterocycles. The predicted octanol–water partition coefficient (Wildman–Crippen LogP) is 2.91. The molecule has 0 aliphatic carbocycles. The predicted molar refractivity (Wildman–Crippen MR) is 76.8 cm³/mol. The minimum atomic E-state index is -4.76. The number of amides is 1. The lowest BCUT2D eigenvalue weighted by Gasteiger charge is -2.22. The number of rotatable bonds is 6. The quantitative estimate of drug-likeness (QED) is 0.791. The number of H-pyrrole nitrogens is 1. The van der Waals surface area contributed by atoms with Gasteiger partial charge in [-0.05, 0) is 24.1 Å². The number of imidazole rings is 1. The molecule has 1 aromatic carbocycles. The molecule has 0 saturated carbocycles. The maximum Gasteiger partial charge on any atom is 0.412 e. The van der Waals surface area contributed by atoms with E-state index in [-0.39, 0.29) is 18.6 Å². The number of carbonyl (C=O) groups is 1. The molecule has 0 aliphatic rings. The standard InChI is InChI=1S/C15H15F4N3O2/c1-24-12-4-2-9(6-11(12)16)14(15(17,18)19)22-13(23)5-3-10-7-20-8-21-10/h2,4,6-8,14H,3,5H2,1H3,(H,20,21)(H,22,23)/t14-/m0/s1. The molecule has 1 atom stereocenters. The number of methoxy groups -OCH3 is 1. The lowest BCUT2D eigenvalue weighted by Crippen LogP contribution is -2.38. The molecule has 0 radical (unpaired) electrons. The molecule has 9 heteroatoms. The number of aryl methyl sites for hydroxylation is 1. The normalized spacial score (nSPS) is 12.7. The van der Waals surface area contributed by atoms with Crippen LogP contribution >= 0.6 is 0 Å². The number of hydrogen-bond donors (Lipinski definition) is 2. The largest absolute Gasteiger partial charge is 0.494 e. The highest BCUT2D eigenvalue weighted by Crippen LogP contribution is 2.34. The number of nitrogens with zero attached hydrogens (tertiary/aromatic N) is 1. The van der Waals surface area contributed by atoms with Gasteiger partial charge in [-0.25, -0.2) is 9.37 Å². The van der Waals surface area contributed by atoms with Crippen molar-refractivity contribution in [1.82, 2.24) is 15.3 Å². The van der Waals surface area contributed by atoms with Crippen molar-refractivity contribution in [3.63, 3.8) is 0 Å². The van der Waals surface area contributed by atoms with Gasteiger partial charge in [0.15, 0.2) is 17.6 Å². The molecule has 2 rings (SSSR count). The summed E-state index contributed by atoms with van der Waals surface area (Å²) in [6.07, 6.45) is -1.81. The SMILES string of the molecule is COc1ccc([C@H](NC(=O)CCc2cnc[nH]2)C(F)(F)F)cc1F. The van der Waals surface area contributed by atoms with Crippen LogP contribution in [0.25, 0.3) is 0 Å². The van der Waals surface area contributed by atoms with E-state index in [1.165, 1.54) is 19.6 Å². The second-order valence-electron chi connectivity index (χ2n) is 5.01. The summed E-state index contributed by atoms with van der Waals surface area (Å²) in [5.74, 6) is -1.91. The highest BCUT2D eigenvalue weighted by Gasteiger charge is 2.42. The van der Waals surface area contributed by atoms with Crippen LogP contribution in [0, 0.1) is 5.82 Å². The number of hydrogen-bond acceptors (Lipinski definition) is 3. The summed E-state index contributed by atoms with van der Waals surface area (Å²) in [7, 11) is 1.20. The molecule has 0 saturated heterocycles. The van der Waals surface area contributed by atoms with Gasteiger partial charge in [-0.1, -0.05) is 6.07 Å². The Labute approximate surface area is 135 Å². The Bertz CT molecular complexity index is 687. The van der Waals surface area contributed by atoms with E-state index >= 15 is 0 Å². The fourth-order valence-electron chi connectivity index (χ4n) is 2.12. The van der Waals surface area contributed by atoms with Gasteiger partial charge in [0.05, 0.1) is 13.4 Å². The molecule has 130 valence electrons. The van der Waals surface area contributed by atoms with E-state index in [0.717, 1.165) is 12.1 Å². The second kappa shape index (κ2) is 7.33. The highest BCUT2D eigenvalue weighted by molar-refractivity contribution is 5.76. The van der Waals surface area contributed by atoms with Crippen LogP contribution in [0.1, 0.15) is 23.7 Å². The van der Waals surface area contributed by atoms with E-state index in [1.807, 2.05) is 5.32 Å². The Balaban J connectivity index is 2.11. The van der Waals surface area contributed by atoms with Crippen LogP contribution in [0.2, 0.25) is 0 Å². The van der Waals surface area contributed by atoms with Crippen molar-refractivity contribution in [2.75, 3.05) is 7.11 Å². The van der Waals surface area contributed by atoms with Gasteiger partial charge in [-0.2, -0.15) is 13.2 Å². The average molecular weight is 345 g/mol. The Morgan fingerprint density at radius 1 is 1.42 bits per heavy atom. The number of ether oxygens (including phenoxy) is 1. The van der Waals surface area contributed by atoms with Gasteiger partial charge in [-0.15, -0.1) is 0 Å². The molecular formula is C15H15F4N3O2. The van der Waals surface area contributed by atoms with Crippen molar-refractivity contribution in [3.8, 4) is 5.75 Å². The first-order valence-corrected chi connectivity index (χ1v) is 6.98.